The first kappa shape index (κ1) is 59.2. The molecule has 2 N–H and O–H groups in total. The van der Waals surface area contributed by atoms with Crippen molar-refractivity contribution in [3.63, 3.8) is 0 Å². The first-order valence-electron chi connectivity index (χ1n) is 32.8. The number of rotatable bonds is 19. The Hall–Kier alpha value is -8.19. The molecule has 0 unspecified atom stereocenters. The lowest BCUT2D eigenvalue weighted by Gasteiger charge is -2.39. The van der Waals surface area contributed by atoms with Crippen molar-refractivity contribution in [2.24, 2.45) is 11.8 Å². The summed E-state index contributed by atoms with van der Waals surface area (Å²) in [6, 6.07) is 2.44. The van der Waals surface area contributed by atoms with Gasteiger partial charge in [0.2, 0.25) is 0 Å². The van der Waals surface area contributed by atoms with Crippen molar-refractivity contribution in [2.75, 3.05) is 0 Å². The minimum absolute atomic E-state index is 0.106. The molecular formula is C81H90N6. The van der Waals surface area contributed by atoms with E-state index in [4.69, 9.17) is 17.5 Å². The van der Waals surface area contributed by atoms with E-state index in [0.717, 1.165) is 160 Å². The molecule has 6 nitrogen and oxygen atoms in total. The maximum Gasteiger partial charge on any atom is 0.0973 e. The van der Waals surface area contributed by atoms with Gasteiger partial charge in [-0.05, 0) is 247 Å². The van der Waals surface area contributed by atoms with E-state index >= 15 is 0 Å². The van der Waals surface area contributed by atoms with Crippen LogP contribution in [0.2, 0.25) is 0 Å². The van der Waals surface area contributed by atoms with Crippen LogP contribution in [-0.2, 0) is 19.3 Å². The van der Waals surface area contributed by atoms with Crippen LogP contribution in [0.25, 0.3) is 40.1 Å². The maximum absolute atomic E-state index is 7.25. The summed E-state index contributed by atoms with van der Waals surface area (Å²) in [5.41, 5.74) is 30.4. The summed E-state index contributed by atoms with van der Waals surface area (Å²) in [5.74, 6) is 7.42. The highest BCUT2D eigenvalue weighted by molar-refractivity contribution is 5.96. The van der Waals surface area contributed by atoms with Gasteiger partial charge < -0.3 is 9.47 Å². The number of nitrogens with zero attached hydrogens (tertiary/aromatic N) is 5. The normalized spacial score (nSPS) is 21.9. The number of nitrogens with two attached hydrogens (primary N) is 1. The van der Waals surface area contributed by atoms with Gasteiger partial charge in [-0.1, -0.05) is 166 Å². The van der Waals surface area contributed by atoms with E-state index in [2.05, 4.69) is 200 Å². The number of allylic oxidation sites excluding steroid dienone is 33. The van der Waals surface area contributed by atoms with Gasteiger partial charge >= 0.3 is 0 Å². The van der Waals surface area contributed by atoms with E-state index in [1.54, 1.807) is 22.5 Å². The van der Waals surface area contributed by atoms with Gasteiger partial charge in [0.25, 0.3) is 0 Å². The van der Waals surface area contributed by atoms with Crippen molar-refractivity contribution in [1.82, 2.24) is 24.1 Å². The SMILES string of the molecule is C=C/C=C\c1c(C)cc(C2=CC=CCC2)n2nc(C3=CC(N(/C(=C/C=C)CCCC4=Cc5c6c(n(C7=CCCC=C7)c5CC4)CCCC6)[C@H]4C=C[C@@H](C(=C)/C(C)=C5/C6=C(C=CCC6)C=C(C6=CCCC=C6)N5N)CC4)=CCC3)c(C(/C=C\C)=C/C=C)c12. The summed E-state index contributed by atoms with van der Waals surface area (Å²) in [4.78, 5) is 2.68. The Balaban J connectivity index is 0.924. The third-order valence-electron chi connectivity index (χ3n) is 19.5. The Labute approximate surface area is 519 Å². The predicted octanol–water partition coefficient (Wildman–Crippen LogP) is 20.4. The van der Waals surface area contributed by atoms with E-state index in [9.17, 15) is 0 Å². The Kier molecular flexibility index (Phi) is 18.2. The Morgan fingerprint density at radius 2 is 1.61 bits per heavy atom. The summed E-state index contributed by atoms with van der Waals surface area (Å²) < 4.78 is 4.92. The highest BCUT2D eigenvalue weighted by atomic mass is 15.4. The van der Waals surface area contributed by atoms with E-state index in [0.29, 0.717) is 0 Å². The van der Waals surface area contributed by atoms with Crippen molar-refractivity contribution < 1.29 is 0 Å². The molecule has 444 valence electrons. The average molecular weight is 1150 g/mol. The fourth-order valence-electron chi connectivity index (χ4n) is 15.2. The van der Waals surface area contributed by atoms with Gasteiger partial charge in [0.1, 0.15) is 0 Å². The lowest BCUT2D eigenvalue weighted by molar-refractivity contribution is 0.317. The zero-order chi connectivity index (χ0) is 60.0. The van der Waals surface area contributed by atoms with Crippen molar-refractivity contribution in [2.45, 2.75) is 162 Å². The minimum atomic E-state index is 0.106. The van der Waals surface area contributed by atoms with Gasteiger partial charge in [-0.2, -0.15) is 5.10 Å². The number of hydrazine groups is 1. The van der Waals surface area contributed by atoms with Gasteiger partial charge in [-0.15, -0.1) is 0 Å². The van der Waals surface area contributed by atoms with Crippen LogP contribution >= 0.6 is 0 Å². The molecular weight excluding hydrogens is 1060 g/mol. The number of pyridine rings is 1. The highest BCUT2D eigenvalue weighted by Gasteiger charge is 2.34. The quantitative estimate of drug-likeness (QED) is 0.0738. The van der Waals surface area contributed by atoms with Crippen LogP contribution in [0.5, 0.6) is 0 Å². The van der Waals surface area contributed by atoms with Crippen LogP contribution in [0.1, 0.15) is 180 Å². The molecule has 1 aliphatic heterocycles. The smallest absolute Gasteiger partial charge is 0.0973 e. The molecule has 0 aromatic carbocycles. The standard InChI is InChI=1S/C81H90N6/c1-8-12-42-70-56(5)52-77(62-34-18-14-19-35-62)87-81(70)78(63(28-9-2)29-10-3)79(83-87)65-37-27-41-69(54-65)84(66(30-11-4)40-26-31-59-46-51-75-73(53-59)72-44-24-25-45-74(72)85(75)67-38-20-15-21-39-67)68-49-47-60(48-50-68)57(6)58(7)80-71-43-23-22-36-64(71)55-76(86(80)82)61-32-16-13-17-33-61/h8-12,14,16,18,20,22,28-30,32-34,36,38-39,41-42,47,49,52-55,60,68H,1-2,4,6,13,15,17,19,21,23-27,31,35,37,40,43-46,48,50-51,82H2,3,5,7H3/b29-10-,42-12-,63-28+,66-30+,80-58-/t60-,68+/m1/s1. The maximum atomic E-state index is 7.25. The first-order chi connectivity index (χ1) is 42.7. The Bertz CT molecular complexity index is 3910. The van der Waals surface area contributed by atoms with Crippen molar-refractivity contribution in [3.05, 3.63) is 285 Å². The molecule has 0 amide bonds. The lowest BCUT2D eigenvalue weighted by Crippen LogP contribution is -2.36. The van der Waals surface area contributed by atoms with Gasteiger partial charge in [0, 0.05) is 45.5 Å². The summed E-state index contributed by atoms with van der Waals surface area (Å²) in [6.45, 7) is 24.2. The van der Waals surface area contributed by atoms with Gasteiger partial charge in [0.05, 0.1) is 34.3 Å². The van der Waals surface area contributed by atoms with Gasteiger partial charge in [-0.25, -0.2) is 10.4 Å². The highest BCUT2D eigenvalue weighted by Crippen LogP contribution is 2.46. The number of hydrogen-bond donors (Lipinski definition) is 1. The lowest BCUT2D eigenvalue weighted by atomic mass is 9.80. The van der Waals surface area contributed by atoms with Crippen LogP contribution < -0.4 is 5.84 Å². The molecule has 8 aliphatic carbocycles. The van der Waals surface area contributed by atoms with Gasteiger partial charge in [0.15, 0.2) is 0 Å². The molecule has 0 saturated heterocycles. The zero-order valence-electron chi connectivity index (χ0n) is 52.2. The van der Waals surface area contributed by atoms with Crippen LogP contribution in [0.4, 0.5) is 0 Å². The van der Waals surface area contributed by atoms with E-state index in [1.165, 1.54) is 87.3 Å². The molecule has 87 heavy (non-hydrogen) atoms. The molecule has 2 atom stereocenters. The summed E-state index contributed by atoms with van der Waals surface area (Å²) in [7, 11) is 0. The molecule has 0 radical (unpaired) electrons. The van der Waals surface area contributed by atoms with Crippen LogP contribution in [-0.4, -0.2) is 30.1 Å². The van der Waals surface area contributed by atoms with Crippen LogP contribution in [0.3, 0.4) is 0 Å². The molecule has 3 aromatic rings. The van der Waals surface area contributed by atoms with Crippen molar-refractivity contribution in [1.29, 1.82) is 0 Å². The molecule has 0 bridgehead atoms. The van der Waals surface area contributed by atoms with Crippen molar-refractivity contribution in [3.8, 4) is 0 Å². The Morgan fingerprint density at radius 3 is 2.37 bits per heavy atom. The molecule has 3 aromatic heterocycles. The molecule has 0 fully saturated rings. The summed E-state index contributed by atoms with van der Waals surface area (Å²) >= 11 is 0. The van der Waals surface area contributed by atoms with E-state index < -0.39 is 0 Å². The van der Waals surface area contributed by atoms with Crippen LogP contribution in [0, 0.1) is 12.8 Å². The monoisotopic (exact) mass is 1150 g/mol. The molecule has 12 rings (SSSR count). The second kappa shape index (κ2) is 26.8. The second-order valence-corrected chi connectivity index (χ2v) is 25.0. The van der Waals surface area contributed by atoms with Gasteiger partial charge in [-0.3, -0.25) is 5.01 Å². The fourth-order valence-corrected chi connectivity index (χ4v) is 15.2. The average Bonchev–Trinajstić information content (AvgIpc) is 2.05. The molecule has 9 aliphatic rings. The molecule has 6 heteroatoms. The van der Waals surface area contributed by atoms with Crippen LogP contribution in [0.15, 0.2) is 234 Å². The number of aromatic nitrogens is 3. The fraction of sp³-hybridized carbons (Fsp3) is 0.321. The molecule has 0 saturated carbocycles. The molecule has 4 heterocycles. The predicted molar refractivity (Wildman–Crippen MR) is 371 cm³/mol. The van der Waals surface area contributed by atoms with Crippen molar-refractivity contribution >= 4 is 40.1 Å². The molecule has 0 spiro atoms. The summed E-state index contributed by atoms with van der Waals surface area (Å²) in [6.07, 6.45) is 81.3. The third kappa shape index (κ3) is 11.9. The number of fused-ring (bicyclic) bond motifs is 4. The zero-order valence-corrected chi connectivity index (χ0v) is 52.2. The second-order valence-electron chi connectivity index (χ2n) is 25.0. The number of hydrogen-bond acceptors (Lipinski definition) is 4. The Morgan fingerprint density at radius 1 is 0.793 bits per heavy atom. The minimum Gasteiger partial charge on any atom is -0.339 e. The third-order valence-corrected chi connectivity index (χ3v) is 19.5. The van der Waals surface area contributed by atoms with E-state index in [1.807, 2.05) is 23.2 Å². The topological polar surface area (TPSA) is 54.7 Å². The summed E-state index contributed by atoms with van der Waals surface area (Å²) in [5, 5.41) is 7.75. The number of aryl methyl sites for hydroxylation is 1. The largest absolute Gasteiger partial charge is 0.339 e. The first-order valence-corrected chi connectivity index (χ1v) is 32.8. The van der Waals surface area contributed by atoms with E-state index in [-0.39, 0.29) is 12.0 Å².